The number of nitrogens with one attached hydrogen (secondary N) is 2. The second kappa shape index (κ2) is 8.21. The first-order valence-corrected chi connectivity index (χ1v) is 7.00. The fraction of sp³-hybridized carbons (Fsp3) is 0.500. The van der Waals surface area contributed by atoms with Gasteiger partial charge in [-0.25, -0.2) is 0 Å². The summed E-state index contributed by atoms with van der Waals surface area (Å²) in [6.07, 6.45) is 0. The first-order chi connectivity index (χ1) is 10.0. The molecule has 0 saturated heterocycles. The average molecular weight is 294 g/mol. The number of carbonyl (C=O) groups excluding carboxylic acids is 1. The average Bonchev–Trinajstić information content (AvgIpc) is 2.50. The zero-order valence-corrected chi connectivity index (χ0v) is 12.7. The molecule has 21 heavy (non-hydrogen) atoms. The Hall–Kier alpha value is -2.15. The molecule has 7 heteroatoms. The van der Waals surface area contributed by atoms with Gasteiger partial charge in [0, 0.05) is 31.9 Å². The zero-order valence-electron chi connectivity index (χ0n) is 12.7. The Kier molecular flexibility index (Phi) is 6.61. The number of anilines is 1. The van der Waals surface area contributed by atoms with Gasteiger partial charge in [0.05, 0.1) is 4.92 Å². The molecule has 0 aliphatic rings. The first kappa shape index (κ1) is 16.9. The van der Waals surface area contributed by atoms with E-state index in [4.69, 9.17) is 0 Å². The molecule has 2 N–H and O–H groups in total. The molecule has 0 spiro atoms. The summed E-state index contributed by atoms with van der Waals surface area (Å²) in [6.45, 7) is 7.09. The SMILES string of the molecule is CCN(CC)CCNC(=O)c1cc(NC)ccc1[N+](=O)[O-]. The van der Waals surface area contributed by atoms with E-state index < -0.39 is 10.8 Å². The number of hydrogen-bond donors (Lipinski definition) is 2. The number of amides is 1. The van der Waals surface area contributed by atoms with Crippen LogP contribution >= 0.6 is 0 Å². The molecule has 0 aliphatic heterocycles. The maximum Gasteiger partial charge on any atom is 0.282 e. The van der Waals surface area contributed by atoms with E-state index in [-0.39, 0.29) is 11.3 Å². The van der Waals surface area contributed by atoms with Gasteiger partial charge in [-0.3, -0.25) is 14.9 Å². The zero-order chi connectivity index (χ0) is 15.8. The van der Waals surface area contributed by atoms with E-state index in [9.17, 15) is 14.9 Å². The van der Waals surface area contributed by atoms with Crippen LogP contribution < -0.4 is 10.6 Å². The number of likely N-dealkylation sites (N-methyl/N-ethyl adjacent to an activating group) is 1. The standard InChI is InChI=1S/C14H22N4O3/c1-4-17(5-2)9-8-16-14(19)12-10-11(15-3)6-7-13(12)18(20)21/h6-7,10,15H,4-5,8-9H2,1-3H3,(H,16,19). The summed E-state index contributed by atoms with van der Waals surface area (Å²) in [5.41, 5.74) is 0.551. The molecule has 0 heterocycles. The second-order valence-corrected chi connectivity index (χ2v) is 4.52. The molecule has 1 rings (SSSR count). The third-order valence-electron chi connectivity index (χ3n) is 3.33. The summed E-state index contributed by atoms with van der Waals surface area (Å²) < 4.78 is 0. The molecule has 1 amide bonds. The van der Waals surface area contributed by atoms with E-state index in [1.165, 1.54) is 12.1 Å². The summed E-state index contributed by atoms with van der Waals surface area (Å²) in [5, 5.41) is 16.6. The van der Waals surface area contributed by atoms with Crippen molar-refractivity contribution in [1.29, 1.82) is 0 Å². The van der Waals surface area contributed by atoms with Gasteiger partial charge in [0.25, 0.3) is 11.6 Å². The van der Waals surface area contributed by atoms with E-state index in [1.54, 1.807) is 13.1 Å². The topological polar surface area (TPSA) is 87.5 Å². The molecule has 1 aromatic rings. The van der Waals surface area contributed by atoms with E-state index in [0.29, 0.717) is 12.2 Å². The number of nitrogens with zero attached hydrogens (tertiary/aromatic N) is 2. The van der Waals surface area contributed by atoms with Gasteiger partial charge in [-0.1, -0.05) is 13.8 Å². The molecule has 7 nitrogen and oxygen atoms in total. The van der Waals surface area contributed by atoms with Gasteiger partial charge < -0.3 is 15.5 Å². The predicted octanol–water partition coefficient (Wildman–Crippen LogP) is 1.71. The predicted molar refractivity (Wildman–Crippen MR) is 82.8 cm³/mol. The number of rotatable bonds is 8. The smallest absolute Gasteiger partial charge is 0.282 e. The lowest BCUT2D eigenvalue weighted by Gasteiger charge is -2.18. The van der Waals surface area contributed by atoms with Crippen molar-refractivity contribution in [2.45, 2.75) is 13.8 Å². The molecule has 1 aromatic carbocycles. The van der Waals surface area contributed by atoms with Crippen molar-refractivity contribution in [3.05, 3.63) is 33.9 Å². The van der Waals surface area contributed by atoms with Crippen LogP contribution in [0.1, 0.15) is 24.2 Å². The monoisotopic (exact) mass is 294 g/mol. The van der Waals surface area contributed by atoms with Crippen molar-refractivity contribution in [3.8, 4) is 0 Å². The van der Waals surface area contributed by atoms with Crippen molar-refractivity contribution >= 4 is 17.3 Å². The minimum atomic E-state index is -0.543. The Bertz CT molecular complexity index is 501. The third kappa shape index (κ3) is 4.71. The lowest BCUT2D eigenvalue weighted by molar-refractivity contribution is -0.385. The summed E-state index contributed by atoms with van der Waals surface area (Å²) in [6, 6.07) is 4.40. The minimum Gasteiger partial charge on any atom is -0.388 e. The highest BCUT2D eigenvalue weighted by Crippen LogP contribution is 2.22. The van der Waals surface area contributed by atoms with Crippen LogP contribution in [0.15, 0.2) is 18.2 Å². The normalized spacial score (nSPS) is 10.5. The van der Waals surface area contributed by atoms with E-state index in [0.717, 1.165) is 19.6 Å². The van der Waals surface area contributed by atoms with Crippen molar-refractivity contribution in [2.75, 3.05) is 38.5 Å². The number of carbonyl (C=O) groups is 1. The van der Waals surface area contributed by atoms with Crippen LogP contribution in [0.2, 0.25) is 0 Å². The molecule has 0 aromatic heterocycles. The van der Waals surface area contributed by atoms with Gasteiger partial charge in [0.1, 0.15) is 5.56 Å². The minimum absolute atomic E-state index is 0.0754. The highest BCUT2D eigenvalue weighted by atomic mass is 16.6. The number of nitro benzene ring substituents is 1. The van der Waals surface area contributed by atoms with Crippen molar-refractivity contribution in [1.82, 2.24) is 10.2 Å². The lowest BCUT2D eigenvalue weighted by atomic mass is 10.1. The van der Waals surface area contributed by atoms with Crippen LogP contribution in [0.3, 0.4) is 0 Å². The molecular weight excluding hydrogens is 272 g/mol. The van der Waals surface area contributed by atoms with Crippen molar-refractivity contribution in [2.24, 2.45) is 0 Å². The quantitative estimate of drug-likeness (QED) is 0.563. The van der Waals surface area contributed by atoms with E-state index in [1.807, 2.05) is 13.8 Å². The highest BCUT2D eigenvalue weighted by Gasteiger charge is 2.20. The molecule has 116 valence electrons. The molecule has 0 saturated carbocycles. The number of hydrogen-bond acceptors (Lipinski definition) is 5. The van der Waals surface area contributed by atoms with Crippen molar-refractivity contribution in [3.63, 3.8) is 0 Å². The number of nitro groups is 1. The molecule has 0 fully saturated rings. The Labute approximate surface area is 124 Å². The first-order valence-electron chi connectivity index (χ1n) is 7.00. The van der Waals surface area contributed by atoms with Gasteiger partial charge in [-0.15, -0.1) is 0 Å². The Morgan fingerprint density at radius 2 is 2.00 bits per heavy atom. The van der Waals surface area contributed by atoms with E-state index >= 15 is 0 Å². The van der Waals surface area contributed by atoms with Crippen LogP contribution in [0.5, 0.6) is 0 Å². The number of benzene rings is 1. The Balaban J connectivity index is 2.78. The van der Waals surface area contributed by atoms with Gasteiger partial charge in [0.15, 0.2) is 0 Å². The van der Waals surface area contributed by atoms with Gasteiger partial charge in [-0.05, 0) is 25.2 Å². The third-order valence-corrected chi connectivity index (χ3v) is 3.33. The highest BCUT2D eigenvalue weighted by molar-refractivity contribution is 5.99. The molecule has 0 unspecified atom stereocenters. The maximum absolute atomic E-state index is 12.1. The van der Waals surface area contributed by atoms with Gasteiger partial charge >= 0.3 is 0 Å². The molecule has 0 aliphatic carbocycles. The summed E-state index contributed by atoms with van der Waals surface area (Å²) in [4.78, 5) is 24.8. The lowest BCUT2D eigenvalue weighted by Crippen LogP contribution is -2.35. The molecular formula is C14H22N4O3. The Morgan fingerprint density at radius 1 is 1.33 bits per heavy atom. The summed E-state index contributed by atoms with van der Waals surface area (Å²) >= 11 is 0. The largest absolute Gasteiger partial charge is 0.388 e. The molecule has 0 bridgehead atoms. The van der Waals surface area contributed by atoms with Crippen LogP contribution in [0.25, 0.3) is 0 Å². The van der Waals surface area contributed by atoms with Gasteiger partial charge in [-0.2, -0.15) is 0 Å². The fourth-order valence-electron chi connectivity index (χ4n) is 2.00. The summed E-state index contributed by atoms with van der Waals surface area (Å²) in [7, 11) is 1.70. The van der Waals surface area contributed by atoms with E-state index in [2.05, 4.69) is 15.5 Å². The molecule has 0 radical (unpaired) electrons. The van der Waals surface area contributed by atoms with Crippen molar-refractivity contribution < 1.29 is 9.72 Å². The Morgan fingerprint density at radius 3 is 2.52 bits per heavy atom. The van der Waals surface area contributed by atoms with Crippen LogP contribution in [-0.2, 0) is 0 Å². The van der Waals surface area contributed by atoms with Gasteiger partial charge in [0.2, 0.25) is 0 Å². The van der Waals surface area contributed by atoms with Crippen LogP contribution in [0.4, 0.5) is 11.4 Å². The van der Waals surface area contributed by atoms with Crippen LogP contribution in [0, 0.1) is 10.1 Å². The second-order valence-electron chi connectivity index (χ2n) is 4.52. The molecule has 0 atom stereocenters. The summed E-state index contributed by atoms with van der Waals surface area (Å²) in [5.74, 6) is -0.425. The van der Waals surface area contributed by atoms with Crippen LogP contribution in [-0.4, -0.2) is 49.0 Å². The maximum atomic E-state index is 12.1. The fourth-order valence-corrected chi connectivity index (χ4v) is 2.00.